The largest absolute Gasteiger partial charge is 0.471 e. The van der Waals surface area contributed by atoms with E-state index in [-0.39, 0.29) is 5.03 Å². The van der Waals surface area contributed by atoms with Gasteiger partial charge < -0.3 is 18.9 Å². The lowest BCUT2D eigenvalue weighted by Gasteiger charge is -2.44. The first kappa shape index (κ1) is 23.0. The van der Waals surface area contributed by atoms with Gasteiger partial charge in [-0.25, -0.2) is 0 Å². The first-order valence-corrected chi connectivity index (χ1v) is 9.10. The Hall–Kier alpha value is -2.28. The molecule has 29 heavy (non-hydrogen) atoms. The van der Waals surface area contributed by atoms with Crippen molar-refractivity contribution in [1.29, 1.82) is 0 Å². The maximum absolute atomic E-state index is 13.1. The molecule has 0 aromatic heterocycles. The van der Waals surface area contributed by atoms with Gasteiger partial charge in [-0.05, 0) is 0 Å². The number of halogens is 3. The molecule has 13 heteroatoms. The quantitative estimate of drug-likeness (QED) is 0.468. The number of fused-ring (bicyclic) bond motifs is 1. The number of rotatable bonds is 4. The van der Waals surface area contributed by atoms with Gasteiger partial charge in [-0.3, -0.25) is 24.1 Å². The van der Waals surface area contributed by atoms with Gasteiger partial charge in [0.1, 0.15) is 24.2 Å². The van der Waals surface area contributed by atoms with Crippen molar-refractivity contribution in [2.24, 2.45) is 0 Å². The molecule has 2 heterocycles. The molecule has 1 amide bonds. The summed E-state index contributed by atoms with van der Waals surface area (Å²) in [5.41, 5.74) is -1.13. The summed E-state index contributed by atoms with van der Waals surface area (Å²) in [5, 5.41) is -0.283. The minimum absolute atomic E-state index is 0.283. The van der Waals surface area contributed by atoms with Crippen LogP contribution in [0, 0.1) is 0 Å². The van der Waals surface area contributed by atoms with Crippen LogP contribution in [0.1, 0.15) is 20.8 Å². The van der Waals surface area contributed by atoms with Crippen LogP contribution in [0.15, 0.2) is 11.6 Å². The highest BCUT2D eigenvalue weighted by atomic mass is 32.2. The fraction of sp³-hybridized carbons (Fsp3) is 0.625. The molecule has 0 unspecified atom stereocenters. The van der Waals surface area contributed by atoms with Gasteiger partial charge in [0.15, 0.2) is 12.2 Å². The minimum atomic E-state index is -5.23. The molecule has 0 aliphatic carbocycles. The lowest BCUT2D eigenvalue weighted by Crippen LogP contribution is -2.64. The van der Waals surface area contributed by atoms with Crippen molar-refractivity contribution >= 4 is 35.6 Å². The highest BCUT2D eigenvalue weighted by molar-refractivity contribution is 8.03. The summed E-state index contributed by atoms with van der Waals surface area (Å²) >= 11 is 0.708. The SMILES string of the molecule is C=C1S[C@H]2O[C@H](COC(C)=O)[C@@H](OC(C)=O)[C@H](OC(C)=O)[C@H]2N1C(=O)C(F)(F)F. The van der Waals surface area contributed by atoms with Gasteiger partial charge in [0, 0.05) is 20.8 Å². The van der Waals surface area contributed by atoms with Gasteiger partial charge in [-0.1, -0.05) is 18.3 Å². The van der Waals surface area contributed by atoms with Crippen LogP contribution in [0.25, 0.3) is 0 Å². The third kappa shape index (κ3) is 5.21. The fourth-order valence-corrected chi connectivity index (χ4v) is 4.20. The number of thioether (sulfide) groups is 1. The Balaban J connectivity index is 2.46. The summed E-state index contributed by atoms with van der Waals surface area (Å²) < 4.78 is 60.0. The monoisotopic (exact) mass is 441 g/mol. The zero-order valence-electron chi connectivity index (χ0n) is 15.6. The van der Waals surface area contributed by atoms with Crippen LogP contribution in [0.3, 0.4) is 0 Å². The van der Waals surface area contributed by atoms with Gasteiger partial charge in [0.25, 0.3) is 0 Å². The van der Waals surface area contributed by atoms with Crippen LogP contribution >= 0.6 is 11.8 Å². The zero-order valence-corrected chi connectivity index (χ0v) is 16.4. The molecule has 0 aromatic carbocycles. The molecule has 2 aliphatic rings. The number of carbonyl (C=O) groups is 4. The number of alkyl halides is 3. The highest BCUT2D eigenvalue weighted by Crippen LogP contribution is 2.47. The van der Waals surface area contributed by atoms with Gasteiger partial charge in [-0.2, -0.15) is 13.2 Å². The molecule has 0 spiro atoms. The van der Waals surface area contributed by atoms with Crippen LogP contribution in [-0.4, -0.2) is 71.3 Å². The second-order valence-corrected chi connectivity index (χ2v) is 7.34. The van der Waals surface area contributed by atoms with Crippen molar-refractivity contribution < 1.29 is 51.3 Å². The van der Waals surface area contributed by atoms with E-state index >= 15 is 0 Å². The summed E-state index contributed by atoms with van der Waals surface area (Å²) in [4.78, 5) is 46.6. The van der Waals surface area contributed by atoms with Gasteiger partial charge in [-0.15, -0.1) is 0 Å². The Labute approximate surface area is 167 Å². The summed E-state index contributed by atoms with van der Waals surface area (Å²) in [7, 11) is 0. The second kappa shape index (κ2) is 8.61. The molecular formula is C16H18F3NO8S. The Morgan fingerprint density at radius 3 is 2.10 bits per heavy atom. The zero-order chi connectivity index (χ0) is 22.1. The number of hydrogen-bond donors (Lipinski definition) is 0. The van der Waals surface area contributed by atoms with E-state index in [2.05, 4.69) is 6.58 Å². The number of amides is 1. The highest BCUT2D eigenvalue weighted by Gasteiger charge is 2.60. The minimum Gasteiger partial charge on any atom is -0.463 e. The Kier molecular flexibility index (Phi) is 6.83. The van der Waals surface area contributed by atoms with E-state index < -0.39 is 66.4 Å². The molecule has 0 radical (unpaired) electrons. The molecule has 9 nitrogen and oxygen atoms in total. The molecule has 0 N–H and O–H groups in total. The first-order chi connectivity index (χ1) is 13.3. The maximum Gasteiger partial charge on any atom is 0.471 e. The van der Waals surface area contributed by atoms with Crippen LogP contribution in [0.4, 0.5) is 13.2 Å². The number of hydrogen-bond acceptors (Lipinski definition) is 9. The first-order valence-electron chi connectivity index (χ1n) is 8.22. The van der Waals surface area contributed by atoms with Crippen LogP contribution < -0.4 is 0 Å². The molecule has 0 bridgehead atoms. The smallest absolute Gasteiger partial charge is 0.463 e. The van der Waals surface area contributed by atoms with E-state index in [1.54, 1.807) is 0 Å². The number of carbonyl (C=O) groups excluding carboxylic acids is 4. The Bertz CT molecular complexity index is 727. The molecule has 2 aliphatic heterocycles. The summed E-state index contributed by atoms with van der Waals surface area (Å²) in [5.74, 6) is -4.65. The molecule has 2 rings (SSSR count). The van der Waals surface area contributed by atoms with Gasteiger partial charge in [0.05, 0.1) is 5.03 Å². The van der Waals surface area contributed by atoms with E-state index in [1.807, 2.05) is 0 Å². The van der Waals surface area contributed by atoms with E-state index in [4.69, 9.17) is 18.9 Å². The van der Waals surface area contributed by atoms with Crippen LogP contribution in [0.5, 0.6) is 0 Å². The third-order valence-corrected chi connectivity index (χ3v) is 5.04. The average molecular weight is 441 g/mol. The molecule has 2 fully saturated rings. The molecule has 0 saturated carbocycles. The Morgan fingerprint density at radius 1 is 1.07 bits per heavy atom. The van der Waals surface area contributed by atoms with Crippen molar-refractivity contribution in [3.05, 3.63) is 11.6 Å². The van der Waals surface area contributed by atoms with Crippen LogP contribution in [0.2, 0.25) is 0 Å². The normalized spacial score (nSPS) is 29.1. The van der Waals surface area contributed by atoms with Crippen molar-refractivity contribution in [3.63, 3.8) is 0 Å². The number of esters is 3. The maximum atomic E-state index is 13.1. The van der Waals surface area contributed by atoms with Crippen molar-refractivity contribution in [1.82, 2.24) is 4.90 Å². The van der Waals surface area contributed by atoms with Crippen molar-refractivity contribution in [2.75, 3.05) is 6.61 Å². The number of ether oxygens (including phenoxy) is 4. The van der Waals surface area contributed by atoms with Gasteiger partial charge in [0.2, 0.25) is 0 Å². The predicted octanol–water partition coefficient (Wildman–Crippen LogP) is 1.12. The summed E-state index contributed by atoms with van der Waals surface area (Å²) in [6.45, 7) is 6.17. The van der Waals surface area contributed by atoms with E-state index in [9.17, 15) is 32.3 Å². The Morgan fingerprint density at radius 2 is 1.62 bits per heavy atom. The topological polar surface area (TPSA) is 108 Å². The van der Waals surface area contributed by atoms with Crippen LogP contribution in [-0.2, 0) is 38.1 Å². The molecule has 2 saturated heterocycles. The standard InChI is InChI=1S/C16H18F3NO8S/c1-6-20(15(24)16(17,18)19)11-13(27-9(4)23)12(26-8(3)22)10(5-25-7(2)21)28-14(11)29-6/h10-14H,1,5H2,2-4H3/t10-,11-,12-,13-,14-/m1/s1. The second-order valence-electron chi connectivity index (χ2n) is 6.17. The molecule has 0 aromatic rings. The summed E-state index contributed by atoms with van der Waals surface area (Å²) in [6, 6.07) is -1.47. The predicted molar refractivity (Wildman–Crippen MR) is 89.8 cm³/mol. The molecule has 162 valence electrons. The van der Waals surface area contributed by atoms with Crippen molar-refractivity contribution in [2.45, 2.75) is 56.7 Å². The lowest BCUT2D eigenvalue weighted by atomic mass is 9.96. The molecular weight excluding hydrogens is 423 g/mol. The van der Waals surface area contributed by atoms with Crippen molar-refractivity contribution in [3.8, 4) is 0 Å². The summed E-state index contributed by atoms with van der Waals surface area (Å²) in [6.07, 6.45) is -9.35. The third-order valence-electron chi connectivity index (χ3n) is 3.95. The van der Waals surface area contributed by atoms with Gasteiger partial charge >= 0.3 is 30.0 Å². The van der Waals surface area contributed by atoms with E-state index in [1.165, 1.54) is 0 Å². The van der Waals surface area contributed by atoms with E-state index in [0.29, 0.717) is 16.7 Å². The fourth-order valence-electron chi connectivity index (χ4n) is 3.00. The molecule has 5 atom stereocenters. The lowest BCUT2D eigenvalue weighted by molar-refractivity contribution is -0.224. The number of nitrogens with zero attached hydrogens (tertiary/aromatic N) is 1. The van der Waals surface area contributed by atoms with E-state index in [0.717, 1.165) is 20.8 Å². The average Bonchev–Trinajstić information content (AvgIpc) is 2.88.